The van der Waals surface area contributed by atoms with Gasteiger partial charge >= 0.3 is 0 Å². The maximum absolute atomic E-state index is 12.8. The van der Waals surface area contributed by atoms with Crippen LogP contribution in [0.1, 0.15) is 23.8 Å². The number of rotatable bonds is 8. The molecule has 0 unspecified atom stereocenters. The average molecular weight is 424 g/mol. The van der Waals surface area contributed by atoms with Crippen molar-refractivity contribution in [3.05, 3.63) is 34.3 Å². The fourth-order valence-corrected chi connectivity index (χ4v) is 4.18. The van der Waals surface area contributed by atoms with Crippen LogP contribution in [0, 0.1) is 0 Å². The van der Waals surface area contributed by atoms with Crippen LogP contribution in [0.5, 0.6) is 5.75 Å². The zero-order valence-corrected chi connectivity index (χ0v) is 17.9. The summed E-state index contributed by atoms with van der Waals surface area (Å²) >= 11 is 7.85. The lowest BCUT2D eigenvalue weighted by atomic mass is 10.2. The molecule has 0 spiro atoms. The number of carbonyl (C=O) groups is 1. The fourth-order valence-electron chi connectivity index (χ4n) is 3.03. The predicted molar refractivity (Wildman–Crippen MR) is 113 cm³/mol. The van der Waals surface area contributed by atoms with E-state index in [2.05, 4.69) is 16.8 Å². The van der Waals surface area contributed by atoms with E-state index < -0.39 is 0 Å². The second kappa shape index (κ2) is 10.2. The first kappa shape index (κ1) is 21.0. The molecule has 0 radical (unpaired) electrons. The molecule has 1 aliphatic heterocycles. The Morgan fingerprint density at radius 2 is 2.04 bits per heavy atom. The van der Waals surface area contributed by atoms with Crippen LogP contribution in [0.2, 0.25) is 5.02 Å². The van der Waals surface area contributed by atoms with Crippen molar-refractivity contribution in [2.45, 2.75) is 13.3 Å². The molecule has 0 atom stereocenters. The summed E-state index contributed by atoms with van der Waals surface area (Å²) in [6.07, 6.45) is 0.942. The molecule has 1 amide bonds. The third-order valence-corrected chi connectivity index (χ3v) is 5.83. The predicted octanol–water partition coefficient (Wildman–Crippen LogP) is 3.66. The first-order chi connectivity index (χ1) is 13.6. The number of ether oxygens (including phenoxy) is 2. The normalized spacial score (nSPS) is 15.0. The highest BCUT2D eigenvalue weighted by molar-refractivity contribution is 7.13. The van der Waals surface area contributed by atoms with Crippen LogP contribution >= 0.6 is 22.9 Å². The summed E-state index contributed by atoms with van der Waals surface area (Å²) in [5.74, 6) is 0.725. The highest BCUT2D eigenvalue weighted by Gasteiger charge is 2.24. The van der Waals surface area contributed by atoms with Gasteiger partial charge < -0.3 is 14.4 Å². The molecule has 1 saturated heterocycles. The molecule has 6 nitrogen and oxygen atoms in total. The minimum atomic E-state index is -0.0205. The molecule has 1 aliphatic rings. The molecule has 152 valence electrons. The third kappa shape index (κ3) is 5.23. The summed E-state index contributed by atoms with van der Waals surface area (Å²) in [4.78, 5) is 21.5. The molecular weight excluding hydrogens is 398 g/mol. The Morgan fingerprint density at radius 1 is 1.25 bits per heavy atom. The van der Waals surface area contributed by atoms with Crippen LogP contribution in [0.3, 0.4) is 0 Å². The summed E-state index contributed by atoms with van der Waals surface area (Å²) in [7, 11) is 1.71. The van der Waals surface area contributed by atoms with Crippen LogP contribution in [-0.2, 0) is 4.74 Å². The van der Waals surface area contributed by atoms with Gasteiger partial charge in [-0.3, -0.25) is 9.69 Å². The van der Waals surface area contributed by atoms with Crippen molar-refractivity contribution >= 4 is 28.8 Å². The molecule has 0 aliphatic carbocycles. The largest absolute Gasteiger partial charge is 0.494 e. The number of methoxy groups -OCH3 is 1. The molecule has 0 bridgehead atoms. The molecule has 8 heteroatoms. The van der Waals surface area contributed by atoms with Gasteiger partial charge in [-0.15, -0.1) is 11.3 Å². The van der Waals surface area contributed by atoms with Gasteiger partial charge in [-0.25, -0.2) is 4.98 Å². The van der Waals surface area contributed by atoms with Crippen LogP contribution in [0.4, 0.5) is 0 Å². The number of aromatic nitrogens is 1. The number of hydrogen-bond acceptors (Lipinski definition) is 6. The summed E-state index contributed by atoms with van der Waals surface area (Å²) in [5, 5.41) is 3.13. The van der Waals surface area contributed by atoms with E-state index in [4.69, 9.17) is 21.1 Å². The quantitative estimate of drug-likeness (QED) is 0.648. The Hall–Kier alpha value is -1.67. The topological polar surface area (TPSA) is 54.9 Å². The van der Waals surface area contributed by atoms with E-state index in [9.17, 15) is 4.79 Å². The van der Waals surface area contributed by atoms with Crippen molar-refractivity contribution in [1.82, 2.24) is 14.8 Å². The van der Waals surface area contributed by atoms with Crippen molar-refractivity contribution in [3.63, 3.8) is 0 Å². The van der Waals surface area contributed by atoms with Crippen LogP contribution < -0.4 is 4.74 Å². The number of amides is 1. The zero-order chi connectivity index (χ0) is 19.9. The lowest BCUT2D eigenvalue weighted by Gasteiger charge is -2.34. The summed E-state index contributed by atoms with van der Waals surface area (Å²) < 4.78 is 10.7. The van der Waals surface area contributed by atoms with Crippen LogP contribution in [0.15, 0.2) is 23.6 Å². The second-order valence-electron chi connectivity index (χ2n) is 6.65. The van der Waals surface area contributed by atoms with Gasteiger partial charge in [0.15, 0.2) is 0 Å². The lowest BCUT2D eigenvalue weighted by molar-refractivity contribution is 0.0589. The number of thiazole rings is 1. The van der Waals surface area contributed by atoms with E-state index in [0.29, 0.717) is 37.0 Å². The van der Waals surface area contributed by atoms with E-state index in [0.717, 1.165) is 42.4 Å². The molecule has 2 aromatic rings. The van der Waals surface area contributed by atoms with Gasteiger partial charge in [0, 0.05) is 50.8 Å². The Labute approximate surface area is 175 Å². The molecule has 2 heterocycles. The number of carbonyl (C=O) groups excluding carboxylic acids is 1. The zero-order valence-electron chi connectivity index (χ0n) is 16.3. The van der Waals surface area contributed by atoms with E-state index >= 15 is 0 Å². The van der Waals surface area contributed by atoms with Gasteiger partial charge in [-0.05, 0) is 24.6 Å². The van der Waals surface area contributed by atoms with E-state index in [1.54, 1.807) is 13.2 Å². The van der Waals surface area contributed by atoms with Crippen molar-refractivity contribution in [2.75, 3.05) is 53.0 Å². The maximum Gasteiger partial charge on any atom is 0.273 e. The number of nitrogens with zero attached hydrogens (tertiary/aromatic N) is 3. The molecule has 0 N–H and O–H groups in total. The highest BCUT2D eigenvalue weighted by Crippen LogP contribution is 2.33. The average Bonchev–Trinajstić information content (AvgIpc) is 3.20. The molecule has 1 aromatic carbocycles. The Morgan fingerprint density at radius 3 is 2.71 bits per heavy atom. The summed E-state index contributed by atoms with van der Waals surface area (Å²) in [6.45, 7) is 7.46. The molecule has 0 saturated carbocycles. The second-order valence-corrected chi connectivity index (χ2v) is 7.92. The number of halogens is 1. The molecular formula is C20H26ClN3O3S. The minimum Gasteiger partial charge on any atom is -0.494 e. The van der Waals surface area contributed by atoms with Crippen molar-refractivity contribution in [2.24, 2.45) is 0 Å². The van der Waals surface area contributed by atoms with Gasteiger partial charge in [0.05, 0.1) is 18.2 Å². The minimum absolute atomic E-state index is 0.0205. The van der Waals surface area contributed by atoms with Crippen LogP contribution in [0.25, 0.3) is 10.6 Å². The fraction of sp³-hybridized carbons (Fsp3) is 0.500. The van der Waals surface area contributed by atoms with Crippen LogP contribution in [-0.4, -0.2) is 73.7 Å². The Balaban J connectivity index is 1.63. The highest BCUT2D eigenvalue weighted by atomic mass is 35.5. The number of hydrogen-bond donors (Lipinski definition) is 0. The first-order valence-electron chi connectivity index (χ1n) is 9.51. The Bertz CT molecular complexity index is 791. The standard InChI is InChI=1S/C20H26ClN3O3S/c1-3-11-27-15-4-5-16(17(21)13-15)19-22-18(14-28-19)20(25)24-8-6-23(7-9-24)10-12-26-2/h4-5,13-14H,3,6-12H2,1-2H3. The van der Waals surface area contributed by atoms with Crippen molar-refractivity contribution < 1.29 is 14.3 Å². The SMILES string of the molecule is CCCOc1ccc(-c2nc(C(=O)N3CCN(CCOC)CC3)cs2)c(Cl)c1. The molecule has 3 rings (SSSR count). The number of benzene rings is 1. The van der Waals surface area contributed by atoms with E-state index in [1.165, 1.54) is 11.3 Å². The molecule has 1 aromatic heterocycles. The van der Waals surface area contributed by atoms with Gasteiger partial charge in [0.2, 0.25) is 0 Å². The molecule has 28 heavy (non-hydrogen) atoms. The monoisotopic (exact) mass is 423 g/mol. The lowest BCUT2D eigenvalue weighted by Crippen LogP contribution is -2.49. The molecule has 1 fully saturated rings. The summed E-state index contributed by atoms with van der Waals surface area (Å²) in [6, 6.07) is 5.59. The van der Waals surface area contributed by atoms with Gasteiger partial charge in [0.25, 0.3) is 5.91 Å². The Kier molecular flexibility index (Phi) is 7.67. The van der Waals surface area contributed by atoms with Crippen molar-refractivity contribution in [3.8, 4) is 16.3 Å². The van der Waals surface area contributed by atoms with E-state index in [1.807, 2.05) is 22.4 Å². The smallest absolute Gasteiger partial charge is 0.273 e. The third-order valence-electron chi connectivity index (χ3n) is 4.64. The van der Waals surface area contributed by atoms with Crippen molar-refractivity contribution in [1.29, 1.82) is 0 Å². The first-order valence-corrected chi connectivity index (χ1v) is 10.8. The number of piperazine rings is 1. The van der Waals surface area contributed by atoms with Gasteiger partial charge in [0.1, 0.15) is 16.5 Å². The summed E-state index contributed by atoms with van der Waals surface area (Å²) in [5.41, 5.74) is 1.30. The van der Waals surface area contributed by atoms with Gasteiger partial charge in [-0.1, -0.05) is 18.5 Å². The van der Waals surface area contributed by atoms with E-state index in [-0.39, 0.29) is 5.91 Å². The van der Waals surface area contributed by atoms with Gasteiger partial charge in [-0.2, -0.15) is 0 Å². The maximum atomic E-state index is 12.8.